The normalized spacial score (nSPS) is 12.2. The van der Waals surface area contributed by atoms with Crippen molar-refractivity contribution in [3.8, 4) is 0 Å². The van der Waals surface area contributed by atoms with Gasteiger partial charge in [-0.25, -0.2) is 0 Å². The number of hydrogen-bond donors (Lipinski definition) is 0. The van der Waals surface area contributed by atoms with Crippen molar-refractivity contribution in [1.82, 2.24) is 0 Å². The SMILES string of the molecule is [2H]c1cccc2c1oc1c(C)cccc12. The van der Waals surface area contributed by atoms with E-state index in [-0.39, 0.29) is 0 Å². The van der Waals surface area contributed by atoms with Gasteiger partial charge >= 0.3 is 0 Å². The van der Waals surface area contributed by atoms with Crippen LogP contribution < -0.4 is 0 Å². The molecule has 2 aromatic carbocycles. The van der Waals surface area contributed by atoms with E-state index in [4.69, 9.17) is 5.79 Å². The molecule has 0 fully saturated rings. The van der Waals surface area contributed by atoms with Crippen LogP contribution in [-0.2, 0) is 0 Å². The Kier molecular flexibility index (Phi) is 1.24. The molecule has 0 aliphatic rings. The van der Waals surface area contributed by atoms with Crippen LogP contribution in [-0.4, -0.2) is 0 Å². The molecule has 0 saturated heterocycles. The van der Waals surface area contributed by atoms with E-state index in [0.29, 0.717) is 11.6 Å². The number of hydrogen-bond acceptors (Lipinski definition) is 1. The molecule has 0 N–H and O–H groups in total. The molecule has 0 amide bonds. The fourth-order valence-corrected chi connectivity index (χ4v) is 1.82. The van der Waals surface area contributed by atoms with Crippen molar-refractivity contribution in [2.24, 2.45) is 0 Å². The minimum absolute atomic E-state index is 0.447. The molecule has 1 heteroatoms. The van der Waals surface area contributed by atoms with Crippen molar-refractivity contribution in [2.75, 3.05) is 0 Å². The lowest BCUT2D eigenvalue weighted by Crippen LogP contribution is -1.70. The van der Waals surface area contributed by atoms with Crippen LogP contribution in [0.15, 0.2) is 46.9 Å². The highest BCUT2D eigenvalue weighted by molar-refractivity contribution is 6.05. The van der Waals surface area contributed by atoms with Crippen molar-refractivity contribution < 1.29 is 5.79 Å². The van der Waals surface area contributed by atoms with Crippen LogP contribution in [0.1, 0.15) is 6.93 Å². The Morgan fingerprint density at radius 3 is 2.86 bits per heavy atom. The third-order valence-corrected chi connectivity index (χ3v) is 2.52. The van der Waals surface area contributed by atoms with E-state index in [0.717, 1.165) is 21.9 Å². The number of benzene rings is 2. The Bertz CT molecular complexity index is 596. The highest BCUT2D eigenvalue weighted by Gasteiger charge is 2.06. The van der Waals surface area contributed by atoms with Gasteiger partial charge in [0.15, 0.2) is 0 Å². The molecule has 68 valence electrons. The zero-order valence-corrected chi connectivity index (χ0v) is 7.87. The fraction of sp³-hybridized carbons (Fsp3) is 0.0769. The molecule has 0 aliphatic heterocycles. The number of rotatable bonds is 0. The van der Waals surface area contributed by atoms with Gasteiger partial charge in [0.05, 0.1) is 1.37 Å². The van der Waals surface area contributed by atoms with Crippen LogP contribution in [0, 0.1) is 6.92 Å². The summed E-state index contributed by atoms with van der Waals surface area (Å²) in [5.74, 6) is 0. The van der Waals surface area contributed by atoms with Gasteiger partial charge in [-0.1, -0.05) is 36.4 Å². The Balaban J connectivity index is 2.63. The summed E-state index contributed by atoms with van der Waals surface area (Å²) in [6, 6.07) is 12.2. The maximum absolute atomic E-state index is 7.77. The van der Waals surface area contributed by atoms with E-state index < -0.39 is 0 Å². The maximum Gasteiger partial charge on any atom is 0.138 e. The summed E-state index contributed by atoms with van der Waals surface area (Å²) in [6.45, 7) is 2.02. The minimum atomic E-state index is 0.447. The average Bonchev–Trinajstić information content (AvgIpc) is 2.60. The molecule has 0 spiro atoms. The van der Waals surface area contributed by atoms with E-state index in [2.05, 4.69) is 0 Å². The molecule has 0 radical (unpaired) electrons. The summed E-state index contributed by atoms with van der Waals surface area (Å²) in [5.41, 5.74) is 2.69. The highest BCUT2D eigenvalue weighted by atomic mass is 16.3. The number of para-hydroxylation sites is 2. The Labute approximate surface area is 83.4 Å². The van der Waals surface area contributed by atoms with Gasteiger partial charge in [0.1, 0.15) is 11.2 Å². The van der Waals surface area contributed by atoms with Gasteiger partial charge in [-0.3, -0.25) is 0 Å². The number of aryl methyl sites for hydroxylation is 1. The van der Waals surface area contributed by atoms with Crippen LogP contribution in [0.25, 0.3) is 21.9 Å². The van der Waals surface area contributed by atoms with Gasteiger partial charge in [-0.2, -0.15) is 0 Å². The molecule has 1 nitrogen and oxygen atoms in total. The first-order valence-electron chi connectivity index (χ1n) is 5.15. The lowest BCUT2D eigenvalue weighted by atomic mass is 10.1. The van der Waals surface area contributed by atoms with Gasteiger partial charge in [-0.15, -0.1) is 0 Å². The molecule has 14 heavy (non-hydrogen) atoms. The summed E-state index contributed by atoms with van der Waals surface area (Å²) in [4.78, 5) is 0. The smallest absolute Gasteiger partial charge is 0.138 e. The lowest BCUT2D eigenvalue weighted by molar-refractivity contribution is 0.666. The zero-order chi connectivity index (χ0) is 10.4. The van der Waals surface area contributed by atoms with Crippen LogP contribution in [0.2, 0.25) is 0 Å². The Hall–Kier alpha value is -1.76. The highest BCUT2D eigenvalue weighted by Crippen LogP contribution is 2.29. The standard InChI is InChI=1S/C13H10O/c1-9-5-4-7-11-10-6-2-3-8-12(10)14-13(9)11/h2-8H,1H3/i8D. The van der Waals surface area contributed by atoms with Crippen LogP contribution >= 0.6 is 0 Å². The number of furan rings is 1. The predicted molar refractivity (Wildman–Crippen MR) is 58.5 cm³/mol. The van der Waals surface area contributed by atoms with Gasteiger partial charge in [0.25, 0.3) is 0 Å². The van der Waals surface area contributed by atoms with Gasteiger partial charge in [0, 0.05) is 10.8 Å². The topological polar surface area (TPSA) is 13.1 Å². The molecule has 0 atom stereocenters. The molecule has 0 saturated carbocycles. The van der Waals surface area contributed by atoms with Crippen LogP contribution in [0.4, 0.5) is 0 Å². The molecule has 0 bridgehead atoms. The van der Waals surface area contributed by atoms with Gasteiger partial charge < -0.3 is 4.42 Å². The molecule has 1 heterocycles. The first-order valence-corrected chi connectivity index (χ1v) is 4.65. The monoisotopic (exact) mass is 183 g/mol. The van der Waals surface area contributed by atoms with Gasteiger partial charge in [0.2, 0.25) is 0 Å². The second kappa shape index (κ2) is 2.61. The van der Waals surface area contributed by atoms with E-state index in [9.17, 15) is 0 Å². The van der Waals surface area contributed by atoms with Gasteiger partial charge in [-0.05, 0) is 18.5 Å². The van der Waals surface area contributed by atoms with Crippen LogP contribution in [0.5, 0.6) is 0 Å². The third kappa shape index (κ3) is 0.896. The second-order valence-corrected chi connectivity index (χ2v) is 3.47. The summed E-state index contributed by atoms with van der Waals surface area (Å²) in [6.07, 6.45) is 0. The van der Waals surface area contributed by atoms with Crippen molar-refractivity contribution in [1.29, 1.82) is 0 Å². The predicted octanol–water partition coefficient (Wildman–Crippen LogP) is 3.89. The molecule has 0 aliphatic carbocycles. The van der Waals surface area contributed by atoms with E-state index in [1.165, 1.54) is 0 Å². The van der Waals surface area contributed by atoms with Crippen LogP contribution in [0.3, 0.4) is 0 Å². The minimum Gasteiger partial charge on any atom is -0.456 e. The molecule has 1 aromatic heterocycles. The molecule has 3 rings (SSSR count). The largest absolute Gasteiger partial charge is 0.456 e. The third-order valence-electron chi connectivity index (χ3n) is 2.52. The molecule has 3 aromatic rings. The second-order valence-electron chi connectivity index (χ2n) is 3.47. The Morgan fingerprint density at radius 1 is 1.07 bits per heavy atom. The van der Waals surface area contributed by atoms with Crippen molar-refractivity contribution in [2.45, 2.75) is 6.92 Å². The number of fused-ring (bicyclic) bond motifs is 3. The van der Waals surface area contributed by atoms with E-state index in [1.54, 1.807) is 6.07 Å². The first-order chi connectivity index (χ1) is 7.27. The summed E-state index contributed by atoms with van der Waals surface area (Å²) in [7, 11) is 0. The quantitative estimate of drug-likeness (QED) is 0.515. The van der Waals surface area contributed by atoms with Crippen molar-refractivity contribution >= 4 is 21.9 Å². The maximum atomic E-state index is 7.77. The first kappa shape index (κ1) is 6.66. The summed E-state index contributed by atoms with van der Waals surface area (Å²) < 4.78 is 13.5. The van der Waals surface area contributed by atoms with E-state index >= 15 is 0 Å². The zero-order valence-electron chi connectivity index (χ0n) is 8.87. The van der Waals surface area contributed by atoms with E-state index in [1.807, 2.05) is 37.3 Å². The molecular formula is C13H10O. The van der Waals surface area contributed by atoms with Crippen molar-refractivity contribution in [3.05, 3.63) is 48.0 Å². The van der Waals surface area contributed by atoms with Crippen molar-refractivity contribution in [3.63, 3.8) is 0 Å². The summed E-state index contributed by atoms with van der Waals surface area (Å²) in [5, 5.41) is 2.13. The summed E-state index contributed by atoms with van der Waals surface area (Å²) >= 11 is 0. The fourth-order valence-electron chi connectivity index (χ4n) is 1.82. The Morgan fingerprint density at radius 2 is 1.93 bits per heavy atom. The molecular weight excluding hydrogens is 172 g/mol. The average molecular weight is 183 g/mol. The lowest BCUT2D eigenvalue weighted by Gasteiger charge is -1.91. The molecule has 0 unspecified atom stereocenters.